The Morgan fingerprint density at radius 3 is 2.89 bits per heavy atom. The van der Waals surface area contributed by atoms with Crippen molar-refractivity contribution in [2.24, 2.45) is 0 Å². The minimum absolute atomic E-state index is 0.403. The molecule has 0 saturated heterocycles. The van der Waals surface area contributed by atoms with Crippen LogP contribution in [-0.2, 0) is 0 Å². The largest absolute Gasteiger partial charge is 0.397 e. The summed E-state index contributed by atoms with van der Waals surface area (Å²) in [6, 6.07) is 9.97. The molecule has 0 fully saturated rings. The molecule has 2 heterocycles. The van der Waals surface area contributed by atoms with Crippen molar-refractivity contribution >= 4 is 16.6 Å². The number of H-pyrrole nitrogens is 1. The van der Waals surface area contributed by atoms with E-state index in [0.29, 0.717) is 11.3 Å². The van der Waals surface area contributed by atoms with Crippen molar-refractivity contribution in [3.63, 3.8) is 0 Å². The minimum atomic E-state index is 0.403. The van der Waals surface area contributed by atoms with E-state index >= 15 is 0 Å². The first kappa shape index (κ1) is 10.4. The normalized spacial score (nSPS) is 10.4. The van der Waals surface area contributed by atoms with Gasteiger partial charge in [0, 0.05) is 35.1 Å². The van der Waals surface area contributed by atoms with Gasteiger partial charge in [-0.05, 0) is 17.7 Å². The number of nitrogens with zero attached hydrogens (tertiary/aromatic N) is 2. The van der Waals surface area contributed by atoms with Gasteiger partial charge in [-0.25, -0.2) is 0 Å². The lowest BCUT2D eigenvalue weighted by molar-refractivity contribution is 1.31. The number of nitrogens with one attached hydrogen (secondary N) is 1. The van der Waals surface area contributed by atoms with Crippen LogP contribution in [0.4, 0.5) is 5.69 Å². The van der Waals surface area contributed by atoms with Gasteiger partial charge < -0.3 is 10.7 Å². The molecule has 86 valence electrons. The third-order valence-corrected chi connectivity index (χ3v) is 2.99. The lowest BCUT2D eigenvalue weighted by Crippen LogP contribution is -1.95. The molecular weight excluding hydrogens is 224 g/mol. The highest BCUT2D eigenvalue weighted by atomic mass is 14.7. The molecule has 18 heavy (non-hydrogen) atoms. The van der Waals surface area contributed by atoms with E-state index in [0.717, 1.165) is 22.0 Å². The first-order valence-electron chi connectivity index (χ1n) is 5.51. The maximum Gasteiger partial charge on any atom is 0.103 e. The van der Waals surface area contributed by atoms with E-state index in [-0.39, 0.29) is 0 Å². The number of nitriles is 1. The van der Waals surface area contributed by atoms with Crippen LogP contribution in [0.25, 0.3) is 22.0 Å². The van der Waals surface area contributed by atoms with Crippen molar-refractivity contribution in [3.8, 4) is 17.2 Å². The zero-order valence-corrected chi connectivity index (χ0v) is 9.51. The van der Waals surface area contributed by atoms with Crippen LogP contribution in [0.1, 0.15) is 5.56 Å². The van der Waals surface area contributed by atoms with Crippen LogP contribution in [0.2, 0.25) is 0 Å². The Hall–Kier alpha value is -2.80. The van der Waals surface area contributed by atoms with Crippen molar-refractivity contribution in [2.45, 2.75) is 0 Å². The third-order valence-electron chi connectivity index (χ3n) is 2.99. The molecule has 0 atom stereocenters. The van der Waals surface area contributed by atoms with E-state index < -0.39 is 0 Å². The number of nitrogens with two attached hydrogens (primary N) is 1. The van der Waals surface area contributed by atoms with Crippen molar-refractivity contribution in [3.05, 3.63) is 48.4 Å². The van der Waals surface area contributed by atoms with Gasteiger partial charge in [0.1, 0.15) is 6.07 Å². The number of aromatic nitrogens is 2. The van der Waals surface area contributed by atoms with Crippen LogP contribution in [0.15, 0.2) is 42.9 Å². The van der Waals surface area contributed by atoms with Crippen LogP contribution in [0.5, 0.6) is 0 Å². The van der Waals surface area contributed by atoms with Crippen LogP contribution in [-0.4, -0.2) is 9.97 Å². The second-order valence-electron chi connectivity index (χ2n) is 4.00. The number of nitrogen functional groups attached to an aromatic ring is 1. The molecule has 0 saturated carbocycles. The van der Waals surface area contributed by atoms with E-state index in [1.165, 1.54) is 6.20 Å². The van der Waals surface area contributed by atoms with Gasteiger partial charge in [0.05, 0.1) is 11.3 Å². The fourth-order valence-electron chi connectivity index (χ4n) is 2.09. The fraction of sp³-hybridized carbons (Fsp3) is 0. The van der Waals surface area contributed by atoms with Gasteiger partial charge in [0.15, 0.2) is 0 Å². The second-order valence-corrected chi connectivity index (χ2v) is 4.00. The quantitative estimate of drug-likeness (QED) is 0.679. The number of pyridine rings is 1. The Morgan fingerprint density at radius 2 is 2.06 bits per heavy atom. The summed E-state index contributed by atoms with van der Waals surface area (Å²) in [7, 11) is 0. The maximum atomic E-state index is 8.99. The topological polar surface area (TPSA) is 78.5 Å². The molecule has 4 nitrogen and oxygen atoms in total. The van der Waals surface area contributed by atoms with E-state index in [9.17, 15) is 0 Å². The molecule has 0 unspecified atom stereocenters. The van der Waals surface area contributed by atoms with Gasteiger partial charge in [0.2, 0.25) is 0 Å². The molecule has 0 radical (unpaired) electrons. The Balaban J connectivity index is 2.34. The molecule has 0 aliphatic rings. The van der Waals surface area contributed by atoms with Gasteiger partial charge in [-0.3, -0.25) is 4.98 Å². The van der Waals surface area contributed by atoms with Gasteiger partial charge in [-0.15, -0.1) is 0 Å². The number of fused-ring (bicyclic) bond motifs is 1. The summed E-state index contributed by atoms with van der Waals surface area (Å²) in [6.07, 6.45) is 5.06. The molecule has 3 rings (SSSR count). The number of hydrogen-bond acceptors (Lipinski definition) is 3. The van der Waals surface area contributed by atoms with Crippen LogP contribution >= 0.6 is 0 Å². The van der Waals surface area contributed by atoms with Crippen LogP contribution < -0.4 is 5.73 Å². The zero-order valence-electron chi connectivity index (χ0n) is 9.51. The highest BCUT2D eigenvalue weighted by Crippen LogP contribution is 2.32. The summed E-state index contributed by atoms with van der Waals surface area (Å²) < 4.78 is 0. The Bertz CT molecular complexity index is 765. The SMILES string of the molecule is N#Cc1cncc(-c2cccc3[nH]ccc23)c1N. The number of hydrogen-bond donors (Lipinski definition) is 2. The Kier molecular flexibility index (Phi) is 2.24. The predicted octanol–water partition coefficient (Wildman–Crippen LogP) is 2.68. The summed E-state index contributed by atoms with van der Waals surface area (Å²) in [4.78, 5) is 7.22. The molecule has 0 amide bonds. The summed E-state index contributed by atoms with van der Waals surface area (Å²) >= 11 is 0. The molecule has 4 heteroatoms. The lowest BCUT2D eigenvalue weighted by atomic mass is 10.0. The van der Waals surface area contributed by atoms with Crippen molar-refractivity contribution in [1.82, 2.24) is 9.97 Å². The van der Waals surface area contributed by atoms with Crippen LogP contribution in [0.3, 0.4) is 0 Å². The van der Waals surface area contributed by atoms with Gasteiger partial charge >= 0.3 is 0 Å². The molecule has 3 N–H and O–H groups in total. The second kappa shape index (κ2) is 3.90. The van der Waals surface area contributed by atoms with Crippen molar-refractivity contribution < 1.29 is 0 Å². The van der Waals surface area contributed by atoms with E-state index in [1.54, 1.807) is 6.20 Å². The van der Waals surface area contributed by atoms with E-state index in [2.05, 4.69) is 16.0 Å². The summed E-state index contributed by atoms with van der Waals surface area (Å²) in [5.41, 5.74) is 9.70. The maximum absolute atomic E-state index is 8.99. The van der Waals surface area contributed by atoms with Gasteiger partial charge in [-0.1, -0.05) is 12.1 Å². The summed E-state index contributed by atoms with van der Waals surface area (Å²) in [5, 5.41) is 10.1. The van der Waals surface area contributed by atoms with E-state index in [1.807, 2.05) is 30.5 Å². The van der Waals surface area contributed by atoms with E-state index in [4.69, 9.17) is 11.0 Å². The highest BCUT2D eigenvalue weighted by Gasteiger charge is 2.10. The average molecular weight is 234 g/mol. The Labute approximate surface area is 104 Å². The molecule has 3 aromatic rings. The molecule has 0 aliphatic carbocycles. The molecule has 0 spiro atoms. The number of anilines is 1. The standard InChI is InChI=1S/C14H10N4/c15-6-9-7-17-8-12(14(9)16)10-2-1-3-13-11(10)4-5-18-13/h1-5,7-8,18H,(H2,16,17). The minimum Gasteiger partial charge on any atom is -0.397 e. The zero-order chi connectivity index (χ0) is 12.5. The monoisotopic (exact) mass is 234 g/mol. The Morgan fingerprint density at radius 1 is 1.17 bits per heavy atom. The lowest BCUT2D eigenvalue weighted by Gasteiger charge is -2.07. The number of aromatic amines is 1. The molecular formula is C14H10N4. The molecule has 2 aromatic heterocycles. The summed E-state index contributed by atoms with van der Waals surface area (Å²) in [5.74, 6) is 0. The molecule has 0 aliphatic heterocycles. The number of benzene rings is 1. The smallest absolute Gasteiger partial charge is 0.103 e. The highest BCUT2D eigenvalue weighted by molar-refractivity contribution is 5.98. The fourth-order valence-corrected chi connectivity index (χ4v) is 2.09. The van der Waals surface area contributed by atoms with Crippen molar-refractivity contribution in [2.75, 3.05) is 5.73 Å². The van der Waals surface area contributed by atoms with Crippen molar-refractivity contribution in [1.29, 1.82) is 5.26 Å². The van der Waals surface area contributed by atoms with Gasteiger partial charge in [-0.2, -0.15) is 5.26 Å². The first-order valence-corrected chi connectivity index (χ1v) is 5.51. The third kappa shape index (κ3) is 1.42. The number of rotatable bonds is 1. The summed E-state index contributed by atoms with van der Waals surface area (Å²) in [6.45, 7) is 0. The molecule has 0 bridgehead atoms. The molecule has 1 aromatic carbocycles. The van der Waals surface area contributed by atoms with Crippen LogP contribution in [0, 0.1) is 11.3 Å². The van der Waals surface area contributed by atoms with Gasteiger partial charge in [0.25, 0.3) is 0 Å². The first-order chi connectivity index (χ1) is 8.81. The predicted molar refractivity (Wildman–Crippen MR) is 70.7 cm³/mol. The average Bonchev–Trinajstić information content (AvgIpc) is 2.87.